The summed E-state index contributed by atoms with van der Waals surface area (Å²) in [4.78, 5) is 12.2. The van der Waals surface area contributed by atoms with Gasteiger partial charge in [0.15, 0.2) is 5.78 Å². The number of Topliss-reactive ketones (excluding diaryl/α,β-unsaturated/α-hetero) is 1. The number of ether oxygens (including phenoxy) is 1. The molecule has 0 atom stereocenters. The van der Waals surface area contributed by atoms with Gasteiger partial charge in [0, 0.05) is 28.3 Å². The Morgan fingerprint density at radius 2 is 2.50 bits per heavy atom. The second-order valence-corrected chi connectivity index (χ2v) is 4.29. The van der Waals surface area contributed by atoms with Gasteiger partial charge in [0.2, 0.25) is 0 Å². The molecule has 0 radical (unpaired) electrons. The summed E-state index contributed by atoms with van der Waals surface area (Å²) in [6, 6.07) is 1.96. The second kappa shape index (κ2) is 4.74. The van der Waals surface area contributed by atoms with E-state index in [4.69, 9.17) is 4.74 Å². The van der Waals surface area contributed by atoms with Crippen molar-refractivity contribution in [1.29, 1.82) is 0 Å². The highest BCUT2D eigenvalue weighted by atomic mass is 79.9. The number of methoxy groups -OCH3 is 1. The molecule has 0 aliphatic rings. The lowest BCUT2D eigenvalue weighted by Crippen LogP contribution is -2.08. The van der Waals surface area contributed by atoms with Crippen molar-refractivity contribution >= 4 is 33.0 Å². The Balaban J connectivity index is 2.46. The standard InChI is InChI=1S/C8H9BrO2S/c1-11-4-7(10)3-8-2-6(9)5-12-8/h2,5H,3-4H2,1H3. The number of hydrogen-bond acceptors (Lipinski definition) is 3. The fraction of sp³-hybridized carbons (Fsp3) is 0.375. The third kappa shape index (κ3) is 3.05. The van der Waals surface area contributed by atoms with Crippen molar-refractivity contribution in [3.05, 3.63) is 20.8 Å². The van der Waals surface area contributed by atoms with E-state index in [2.05, 4.69) is 15.9 Å². The highest BCUT2D eigenvalue weighted by molar-refractivity contribution is 9.10. The van der Waals surface area contributed by atoms with Crippen molar-refractivity contribution in [2.75, 3.05) is 13.7 Å². The van der Waals surface area contributed by atoms with Gasteiger partial charge in [-0.25, -0.2) is 0 Å². The maximum atomic E-state index is 11.1. The molecule has 0 bridgehead atoms. The van der Waals surface area contributed by atoms with E-state index in [1.165, 1.54) is 7.11 Å². The Hall–Kier alpha value is -0.190. The number of carbonyl (C=O) groups excluding carboxylic acids is 1. The largest absolute Gasteiger partial charge is 0.377 e. The molecule has 0 fully saturated rings. The van der Waals surface area contributed by atoms with E-state index in [0.717, 1.165) is 9.35 Å². The van der Waals surface area contributed by atoms with Crippen molar-refractivity contribution in [2.45, 2.75) is 6.42 Å². The summed E-state index contributed by atoms with van der Waals surface area (Å²) in [6.45, 7) is 0.204. The van der Waals surface area contributed by atoms with Gasteiger partial charge in [0.05, 0.1) is 0 Å². The molecular weight excluding hydrogens is 240 g/mol. The van der Waals surface area contributed by atoms with Crippen molar-refractivity contribution in [3.8, 4) is 0 Å². The minimum atomic E-state index is 0.117. The lowest BCUT2D eigenvalue weighted by molar-refractivity contribution is -0.121. The minimum absolute atomic E-state index is 0.117. The van der Waals surface area contributed by atoms with Crippen LogP contribution in [-0.4, -0.2) is 19.5 Å². The maximum absolute atomic E-state index is 11.1. The van der Waals surface area contributed by atoms with Gasteiger partial charge >= 0.3 is 0 Å². The van der Waals surface area contributed by atoms with E-state index >= 15 is 0 Å². The first-order valence-electron chi connectivity index (χ1n) is 3.46. The molecule has 12 heavy (non-hydrogen) atoms. The molecule has 0 aliphatic heterocycles. The van der Waals surface area contributed by atoms with Crippen LogP contribution in [0.3, 0.4) is 0 Å². The highest BCUT2D eigenvalue weighted by Crippen LogP contribution is 2.20. The second-order valence-electron chi connectivity index (χ2n) is 2.38. The first kappa shape index (κ1) is 9.89. The quantitative estimate of drug-likeness (QED) is 0.818. The van der Waals surface area contributed by atoms with E-state index in [0.29, 0.717) is 6.42 Å². The molecule has 0 unspecified atom stereocenters. The molecule has 0 aromatic carbocycles. The van der Waals surface area contributed by atoms with Crippen LogP contribution < -0.4 is 0 Å². The first-order chi connectivity index (χ1) is 5.72. The molecule has 1 heterocycles. The molecule has 0 amide bonds. The monoisotopic (exact) mass is 248 g/mol. The number of rotatable bonds is 4. The maximum Gasteiger partial charge on any atom is 0.163 e. The van der Waals surface area contributed by atoms with Gasteiger partial charge in [-0.2, -0.15) is 0 Å². The van der Waals surface area contributed by atoms with Crippen LogP contribution in [0, 0.1) is 0 Å². The molecule has 0 saturated heterocycles. The highest BCUT2D eigenvalue weighted by Gasteiger charge is 2.04. The Kier molecular flexibility index (Phi) is 3.91. The summed E-state index contributed by atoms with van der Waals surface area (Å²) in [7, 11) is 1.53. The third-order valence-electron chi connectivity index (χ3n) is 1.30. The predicted octanol–water partition coefficient (Wildman–Crippen LogP) is 2.27. The van der Waals surface area contributed by atoms with E-state index < -0.39 is 0 Å². The molecular formula is C8H9BrO2S. The van der Waals surface area contributed by atoms with Crippen LogP contribution >= 0.6 is 27.3 Å². The van der Waals surface area contributed by atoms with Crippen LogP contribution in [0.25, 0.3) is 0 Å². The van der Waals surface area contributed by atoms with Gasteiger partial charge in [-0.3, -0.25) is 4.79 Å². The SMILES string of the molecule is COCC(=O)Cc1cc(Br)cs1. The van der Waals surface area contributed by atoms with Gasteiger partial charge in [-0.15, -0.1) is 11.3 Å². The summed E-state index contributed by atoms with van der Waals surface area (Å²) in [5.41, 5.74) is 0. The lowest BCUT2D eigenvalue weighted by atomic mass is 10.2. The summed E-state index contributed by atoms with van der Waals surface area (Å²) in [5, 5.41) is 1.97. The van der Waals surface area contributed by atoms with E-state index in [-0.39, 0.29) is 12.4 Å². The fourth-order valence-electron chi connectivity index (χ4n) is 0.853. The van der Waals surface area contributed by atoms with Gasteiger partial charge in [0.25, 0.3) is 0 Å². The van der Waals surface area contributed by atoms with Crippen LogP contribution in [0.2, 0.25) is 0 Å². The Bertz CT molecular complexity index is 270. The molecule has 2 nitrogen and oxygen atoms in total. The van der Waals surface area contributed by atoms with Crippen molar-refractivity contribution in [3.63, 3.8) is 0 Å². The summed E-state index contributed by atoms with van der Waals surface area (Å²) in [6.07, 6.45) is 0.476. The zero-order valence-electron chi connectivity index (χ0n) is 6.67. The van der Waals surface area contributed by atoms with Crippen LogP contribution in [0.5, 0.6) is 0 Å². The van der Waals surface area contributed by atoms with Crippen LogP contribution in [-0.2, 0) is 16.0 Å². The average molecular weight is 249 g/mol. The summed E-state index contributed by atoms with van der Waals surface area (Å²) >= 11 is 4.91. The fourth-order valence-corrected chi connectivity index (χ4v) is 2.33. The zero-order valence-corrected chi connectivity index (χ0v) is 9.07. The lowest BCUT2D eigenvalue weighted by Gasteiger charge is -1.95. The van der Waals surface area contributed by atoms with E-state index in [1.807, 2.05) is 11.4 Å². The Morgan fingerprint density at radius 1 is 1.75 bits per heavy atom. The van der Waals surface area contributed by atoms with Crippen molar-refractivity contribution in [1.82, 2.24) is 0 Å². The minimum Gasteiger partial charge on any atom is -0.377 e. The topological polar surface area (TPSA) is 26.3 Å². The molecule has 1 rings (SSSR count). The third-order valence-corrected chi connectivity index (χ3v) is 3.00. The summed E-state index contributed by atoms with van der Waals surface area (Å²) < 4.78 is 5.76. The number of ketones is 1. The molecule has 0 N–H and O–H groups in total. The zero-order chi connectivity index (χ0) is 8.97. The first-order valence-corrected chi connectivity index (χ1v) is 5.13. The molecule has 1 aromatic rings. The molecule has 1 aromatic heterocycles. The van der Waals surface area contributed by atoms with Gasteiger partial charge in [-0.05, 0) is 22.0 Å². The van der Waals surface area contributed by atoms with Gasteiger partial charge < -0.3 is 4.74 Å². The number of hydrogen-bond donors (Lipinski definition) is 0. The molecule has 66 valence electrons. The number of carbonyl (C=O) groups is 1. The van der Waals surface area contributed by atoms with Gasteiger partial charge in [-0.1, -0.05) is 0 Å². The van der Waals surface area contributed by atoms with Crippen LogP contribution in [0.4, 0.5) is 0 Å². The summed E-state index contributed by atoms with van der Waals surface area (Å²) in [5.74, 6) is 0.117. The van der Waals surface area contributed by atoms with E-state index in [1.54, 1.807) is 11.3 Å². The van der Waals surface area contributed by atoms with Crippen LogP contribution in [0.15, 0.2) is 15.9 Å². The Labute approximate surface area is 83.7 Å². The van der Waals surface area contributed by atoms with Crippen molar-refractivity contribution in [2.24, 2.45) is 0 Å². The Morgan fingerprint density at radius 3 is 3.00 bits per heavy atom. The number of halogens is 1. The van der Waals surface area contributed by atoms with E-state index in [9.17, 15) is 4.79 Å². The molecule has 0 saturated carbocycles. The molecule has 0 aliphatic carbocycles. The normalized spacial score (nSPS) is 10.2. The molecule has 4 heteroatoms. The molecule has 0 spiro atoms. The number of thiophene rings is 1. The smallest absolute Gasteiger partial charge is 0.163 e. The van der Waals surface area contributed by atoms with Gasteiger partial charge in [0.1, 0.15) is 6.61 Å². The predicted molar refractivity (Wildman–Crippen MR) is 52.6 cm³/mol. The van der Waals surface area contributed by atoms with Crippen molar-refractivity contribution < 1.29 is 9.53 Å². The average Bonchev–Trinajstić information content (AvgIpc) is 2.36. The van der Waals surface area contributed by atoms with Crippen LogP contribution in [0.1, 0.15) is 4.88 Å².